The molecule has 4 heteroatoms. The fourth-order valence-corrected chi connectivity index (χ4v) is 4.58. The van der Waals surface area contributed by atoms with Crippen LogP contribution in [0, 0.1) is 0 Å². The zero-order chi connectivity index (χ0) is 21.5. The molecular formula is C27H28ClNO2. The van der Waals surface area contributed by atoms with Crippen molar-refractivity contribution >= 4 is 17.5 Å². The van der Waals surface area contributed by atoms with Crippen LogP contribution in [-0.4, -0.2) is 25.7 Å². The quantitative estimate of drug-likeness (QED) is 0.517. The van der Waals surface area contributed by atoms with Crippen molar-refractivity contribution in [3.63, 3.8) is 0 Å². The summed E-state index contributed by atoms with van der Waals surface area (Å²) in [6.07, 6.45) is 2.19. The number of hydrogen-bond acceptors (Lipinski definition) is 2. The first-order valence-electron chi connectivity index (χ1n) is 10.9. The van der Waals surface area contributed by atoms with Crippen LogP contribution < -0.4 is 5.32 Å². The second-order valence-corrected chi connectivity index (χ2v) is 8.69. The maximum atomic E-state index is 13.1. The summed E-state index contributed by atoms with van der Waals surface area (Å²) < 4.78 is 5.62. The molecule has 1 N–H and O–H groups in total. The highest BCUT2D eigenvalue weighted by Gasteiger charge is 2.35. The van der Waals surface area contributed by atoms with Gasteiger partial charge in [0.15, 0.2) is 0 Å². The van der Waals surface area contributed by atoms with Crippen LogP contribution in [0.25, 0.3) is 0 Å². The molecule has 1 heterocycles. The number of hydrogen-bond donors (Lipinski definition) is 1. The number of amides is 1. The second kappa shape index (κ2) is 10.1. The number of halogens is 1. The lowest BCUT2D eigenvalue weighted by molar-refractivity contribution is -0.121. The Morgan fingerprint density at radius 3 is 1.97 bits per heavy atom. The van der Waals surface area contributed by atoms with Crippen LogP contribution in [0.15, 0.2) is 84.9 Å². The van der Waals surface area contributed by atoms with Gasteiger partial charge in [-0.3, -0.25) is 4.79 Å². The monoisotopic (exact) mass is 433 g/mol. The maximum Gasteiger partial charge on any atom is 0.220 e. The summed E-state index contributed by atoms with van der Waals surface area (Å²) >= 11 is 6.10. The number of rotatable bonds is 7. The molecule has 3 aromatic carbocycles. The van der Waals surface area contributed by atoms with Crippen LogP contribution in [-0.2, 0) is 14.9 Å². The molecule has 0 aliphatic carbocycles. The lowest BCUT2D eigenvalue weighted by Crippen LogP contribution is -2.44. The molecule has 0 unspecified atom stereocenters. The van der Waals surface area contributed by atoms with Crippen LogP contribution in [0.4, 0.5) is 0 Å². The Hall–Kier alpha value is -2.62. The number of carbonyl (C=O) groups excluding carboxylic acids is 1. The molecule has 1 amide bonds. The Labute approximate surface area is 189 Å². The highest BCUT2D eigenvalue weighted by Crippen LogP contribution is 2.35. The first kappa shape index (κ1) is 21.6. The van der Waals surface area contributed by atoms with E-state index in [1.165, 1.54) is 5.56 Å². The summed E-state index contributed by atoms with van der Waals surface area (Å²) in [5.74, 6) is 0.0982. The molecule has 31 heavy (non-hydrogen) atoms. The summed E-state index contributed by atoms with van der Waals surface area (Å²) in [5.41, 5.74) is 3.40. The Balaban J connectivity index is 1.50. The average Bonchev–Trinajstić information content (AvgIpc) is 2.83. The van der Waals surface area contributed by atoms with Crippen molar-refractivity contribution in [2.75, 3.05) is 19.8 Å². The van der Waals surface area contributed by atoms with Crippen molar-refractivity contribution in [2.24, 2.45) is 0 Å². The van der Waals surface area contributed by atoms with Crippen molar-refractivity contribution in [1.82, 2.24) is 5.32 Å². The van der Waals surface area contributed by atoms with Crippen LogP contribution in [0.3, 0.4) is 0 Å². The molecule has 0 bridgehead atoms. The standard InChI is InChI=1S/C27H28ClNO2/c28-24-13-11-23(12-14-24)27(15-17-31-18-16-27)20-29-26(30)19-25(21-7-3-1-4-8-21)22-9-5-2-6-10-22/h1-14,25H,15-20H2,(H,29,30). The second-order valence-electron chi connectivity index (χ2n) is 8.25. The summed E-state index contributed by atoms with van der Waals surface area (Å²) in [4.78, 5) is 13.1. The Bertz CT molecular complexity index is 928. The summed E-state index contributed by atoms with van der Waals surface area (Å²) in [5, 5.41) is 3.97. The molecule has 160 valence electrons. The van der Waals surface area contributed by atoms with E-state index in [-0.39, 0.29) is 17.2 Å². The van der Waals surface area contributed by atoms with Crippen LogP contribution in [0.1, 0.15) is 41.9 Å². The smallest absolute Gasteiger partial charge is 0.220 e. The fraction of sp³-hybridized carbons (Fsp3) is 0.296. The highest BCUT2D eigenvalue weighted by atomic mass is 35.5. The number of carbonyl (C=O) groups is 1. The zero-order valence-corrected chi connectivity index (χ0v) is 18.4. The van der Waals surface area contributed by atoms with Crippen LogP contribution in [0.2, 0.25) is 5.02 Å². The van der Waals surface area contributed by atoms with E-state index < -0.39 is 0 Å². The van der Waals surface area contributed by atoms with Crippen LogP contribution >= 0.6 is 11.6 Å². The molecule has 1 fully saturated rings. The number of benzene rings is 3. The van der Waals surface area contributed by atoms with Crippen molar-refractivity contribution < 1.29 is 9.53 Å². The third kappa shape index (κ3) is 5.36. The van der Waals surface area contributed by atoms with Crippen molar-refractivity contribution in [1.29, 1.82) is 0 Å². The molecule has 0 radical (unpaired) electrons. The van der Waals surface area contributed by atoms with Gasteiger partial charge in [-0.15, -0.1) is 0 Å². The number of nitrogens with one attached hydrogen (secondary N) is 1. The molecule has 1 aliphatic heterocycles. The van der Waals surface area contributed by atoms with Crippen molar-refractivity contribution in [3.05, 3.63) is 107 Å². The minimum absolute atomic E-state index is 0.0311. The molecule has 4 rings (SSSR count). The lowest BCUT2D eigenvalue weighted by atomic mass is 9.74. The molecule has 1 saturated heterocycles. The third-order valence-electron chi connectivity index (χ3n) is 6.32. The number of ether oxygens (including phenoxy) is 1. The van der Waals surface area contributed by atoms with Gasteiger partial charge in [0, 0.05) is 42.5 Å². The normalized spacial score (nSPS) is 15.5. The summed E-state index contributed by atoms with van der Waals surface area (Å²) in [7, 11) is 0. The van der Waals surface area contributed by atoms with Gasteiger partial charge in [0.1, 0.15) is 0 Å². The van der Waals surface area contributed by atoms with E-state index in [0.29, 0.717) is 26.2 Å². The van der Waals surface area contributed by atoms with Crippen molar-refractivity contribution in [3.8, 4) is 0 Å². The predicted octanol–water partition coefficient (Wildman–Crippen LogP) is 5.73. The van der Waals surface area contributed by atoms with Gasteiger partial charge in [0.2, 0.25) is 5.91 Å². The third-order valence-corrected chi connectivity index (χ3v) is 6.58. The van der Waals surface area contributed by atoms with Crippen LogP contribution in [0.5, 0.6) is 0 Å². The maximum absolute atomic E-state index is 13.1. The lowest BCUT2D eigenvalue weighted by Gasteiger charge is -2.38. The summed E-state index contributed by atoms with van der Waals surface area (Å²) in [6, 6.07) is 28.5. The van der Waals surface area contributed by atoms with E-state index in [1.807, 2.05) is 48.5 Å². The van der Waals surface area contributed by atoms with Gasteiger partial charge in [-0.1, -0.05) is 84.4 Å². The van der Waals surface area contributed by atoms with E-state index >= 15 is 0 Å². The molecule has 3 aromatic rings. The first-order valence-corrected chi connectivity index (χ1v) is 11.2. The van der Waals surface area contributed by atoms with Gasteiger partial charge in [-0.05, 0) is 41.7 Å². The molecule has 0 saturated carbocycles. The molecule has 0 spiro atoms. The molecule has 0 aromatic heterocycles. The van der Waals surface area contributed by atoms with Gasteiger partial charge in [-0.25, -0.2) is 0 Å². The molecule has 1 aliphatic rings. The van der Waals surface area contributed by atoms with Gasteiger partial charge < -0.3 is 10.1 Å². The minimum Gasteiger partial charge on any atom is -0.381 e. The van der Waals surface area contributed by atoms with E-state index in [1.54, 1.807) is 0 Å². The molecule has 0 atom stereocenters. The molecule has 3 nitrogen and oxygen atoms in total. The highest BCUT2D eigenvalue weighted by molar-refractivity contribution is 6.30. The SMILES string of the molecule is O=C(CC(c1ccccc1)c1ccccc1)NCC1(c2ccc(Cl)cc2)CCOCC1. The minimum atomic E-state index is -0.118. The Morgan fingerprint density at radius 2 is 1.42 bits per heavy atom. The van der Waals surface area contributed by atoms with Crippen molar-refractivity contribution in [2.45, 2.75) is 30.6 Å². The van der Waals surface area contributed by atoms with Gasteiger partial charge in [-0.2, -0.15) is 0 Å². The first-order chi connectivity index (χ1) is 15.2. The zero-order valence-electron chi connectivity index (χ0n) is 17.6. The summed E-state index contributed by atoms with van der Waals surface area (Å²) in [6.45, 7) is 2.01. The topological polar surface area (TPSA) is 38.3 Å². The predicted molar refractivity (Wildman–Crippen MR) is 126 cm³/mol. The van der Waals surface area contributed by atoms with Gasteiger partial charge in [0.25, 0.3) is 0 Å². The fourth-order valence-electron chi connectivity index (χ4n) is 4.46. The average molecular weight is 434 g/mol. The Morgan fingerprint density at radius 1 is 0.871 bits per heavy atom. The van der Waals surface area contributed by atoms with E-state index in [0.717, 1.165) is 29.0 Å². The van der Waals surface area contributed by atoms with Gasteiger partial charge in [0.05, 0.1) is 0 Å². The molecular weight excluding hydrogens is 406 g/mol. The van der Waals surface area contributed by atoms with E-state index in [4.69, 9.17) is 16.3 Å². The van der Waals surface area contributed by atoms with E-state index in [9.17, 15) is 4.79 Å². The van der Waals surface area contributed by atoms with E-state index in [2.05, 4.69) is 41.7 Å². The van der Waals surface area contributed by atoms with Gasteiger partial charge >= 0.3 is 0 Å². The Kier molecular flexibility index (Phi) is 7.06. The largest absolute Gasteiger partial charge is 0.381 e.